The van der Waals surface area contributed by atoms with Crippen molar-refractivity contribution in [2.24, 2.45) is 0 Å². The quantitative estimate of drug-likeness (QED) is 0.304. The van der Waals surface area contributed by atoms with Gasteiger partial charge in [-0.2, -0.15) is 13.7 Å². The highest BCUT2D eigenvalue weighted by atomic mass is 32.2. The maximum absolute atomic E-state index is 12.5. The summed E-state index contributed by atoms with van der Waals surface area (Å²) in [5.41, 5.74) is 0.783. The number of benzene rings is 3. The fourth-order valence-corrected chi connectivity index (χ4v) is 3.75. The molecule has 168 valence electrons. The number of rotatable bonds is 8. The molecule has 33 heavy (non-hydrogen) atoms. The second-order valence-corrected chi connectivity index (χ2v) is 8.16. The third-order valence-electron chi connectivity index (χ3n) is 4.44. The van der Waals surface area contributed by atoms with Gasteiger partial charge in [-0.15, -0.1) is 0 Å². The molecular weight excluding hydrogens is 444 g/mol. The number of methoxy groups -OCH3 is 2. The summed E-state index contributed by atoms with van der Waals surface area (Å²) in [5, 5.41) is 12.1. The van der Waals surface area contributed by atoms with Crippen molar-refractivity contribution in [2.75, 3.05) is 19.5 Å². The van der Waals surface area contributed by atoms with Gasteiger partial charge in [-0.3, -0.25) is 4.79 Å². The number of nitrogens with one attached hydrogen (secondary N) is 1. The first-order valence-electron chi connectivity index (χ1n) is 9.61. The van der Waals surface area contributed by atoms with Crippen LogP contribution in [0.4, 0.5) is 5.69 Å². The summed E-state index contributed by atoms with van der Waals surface area (Å²) in [6.07, 6.45) is 1.36. The molecule has 1 amide bonds. The summed E-state index contributed by atoms with van der Waals surface area (Å²) in [6.45, 7) is 0. The number of hydrogen-bond acceptors (Lipinski definition) is 7. The van der Waals surface area contributed by atoms with Crippen LogP contribution in [0.1, 0.15) is 5.56 Å². The molecule has 1 N–H and O–H groups in total. The van der Waals surface area contributed by atoms with Gasteiger partial charge >= 0.3 is 10.1 Å². The van der Waals surface area contributed by atoms with E-state index in [0.717, 1.165) is 0 Å². The lowest BCUT2D eigenvalue weighted by molar-refractivity contribution is -0.112. The molecule has 0 aliphatic carbocycles. The van der Waals surface area contributed by atoms with E-state index in [1.54, 1.807) is 42.5 Å². The highest BCUT2D eigenvalue weighted by Gasteiger charge is 2.19. The number of anilines is 1. The van der Waals surface area contributed by atoms with Crippen LogP contribution in [0, 0.1) is 11.3 Å². The Morgan fingerprint density at radius 1 is 0.939 bits per heavy atom. The molecule has 3 aromatic rings. The second kappa shape index (κ2) is 10.3. The molecule has 9 heteroatoms. The largest absolute Gasteiger partial charge is 0.497 e. The van der Waals surface area contributed by atoms with E-state index in [4.69, 9.17) is 13.7 Å². The summed E-state index contributed by atoms with van der Waals surface area (Å²) in [7, 11) is -1.17. The van der Waals surface area contributed by atoms with Crippen molar-refractivity contribution in [3.8, 4) is 23.3 Å². The lowest BCUT2D eigenvalue weighted by Gasteiger charge is -2.11. The molecule has 0 unspecified atom stereocenters. The number of hydrogen-bond donors (Lipinski definition) is 1. The minimum Gasteiger partial charge on any atom is -0.497 e. The predicted molar refractivity (Wildman–Crippen MR) is 122 cm³/mol. The highest BCUT2D eigenvalue weighted by molar-refractivity contribution is 7.87. The number of carbonyl (C=O) groups excluding carboxylic acids is 1. The molecule has 0 radical (unpaired) electrons. The van der Waals surface area contributed by atoms with Gasteiger partial charge < -0.3 is 19.0 Å². The normalized spacial score (nSPS) is 11.2. The van der Waals surface area contributed by atoms with Gasteiger partial charge in [0.15, 0.2) is 11.5 Å². The van der Waals surface area contributed by atoms with Crippen LogP contribution < -0.4 is 19.0 Å². The fourth-order valence-electron chi connectivity index (χ4n) is 2.78. The number of amides is 1. The van der Waals surface area contributed by atoms with E-state index in [1.807, 2.05) is 6.07 Å². The maximum atomic E-state index is 12.5. The smallest absolute Gasteiger partial charge is 0.339 e. The van der Waals surface area contributed by atoms with Gasteiger partial charge in [-0.25, -0.2) is 0 Å². The van der Waals surface area contributed by atoms with Crippen LogP contribution in [0.3, 0.4) is 0 Å². The van der Waals surface area contributed by atoms with E-state index in [1.165, 1.54) is 50.6 Å². The minimum absolute atomic E-state index is 0.00186. The Labute approximate surface area is 191 Å². The number of ether oxygens (including phenoxy) is 2. The Hall–Kier alpha value is -4.29. The van der Waals surface area contributed by atoms with Crippen LogP contribution in [0.15, 0.2) is 83.3 Å². The summed E-state index contributed by atoms with van der Waals surface area (Å²) in [5.74, 6) is 0.122. The van der Waals surface area contributed by atoms with Gasteiger partial charge in [0.05, 0.1) is 14.2 Å². The molecule has 0 heterocycles. The van der Waals surface area contributed by atoms with Crippen molar-refractivity contribution in [2.45, 2.75) is 4.90 Å². The van der Waals surface area contributed by atoms with Crippen molar-refractivity contribution < 1.29 is 26.9 Å². The Balaban J connectivity index is 1.82. The van der Waals surface area contributed by atoms with Crippen LogP contribution in [-0.2, 0) is 14.9 Å². The van der Waals surface area contributed by atoms with Crippen molar-refractivity contribution >= 4 is 27.8 Å². The van der Waals surface area contributed by atoms with E-state index in [0.29, 0.717) is 17.0 Å². The predicted octanol–water partition coefficient (Wildman–Crippen LogP) is 4.02. The van der Waals surface area contributed by atoms with Crippen molar-refractivity contribution in [3.63, 3.8) is 0 Å². The molecule has 0 saturated carbocycles. The van der Waals surface area contributed by atoms with Gasteiger partial charge in [-0.1, -0.05) is 24.3 Å². The van der Waals surface area contributed by atoms with E-state index in [2.05, 4.69) is 5.32 Å². The molecule has 0 spiro atoms. The summed E-state index contributed by atoms with van der Waals surface area (Å²) < 4.78 is 40.5. The molecule has 8 nitrogen and oxygen atoms in total. The van der Waals surface area contributed by atoms with E-state index >= 15 is 0 Å². The number of nitrogens with zero attached hydrogens (tertiary/aromatic N) is 1. The first-order valence-corrected chi connectivity index (χ1v) is 11.0. The molecule has 0 aliphatic heterocycles. The molecular formula is C24H20N2O6S. The Bertz CT molecular complexity index is 1310. The van der Waals surface area contributed by atoms with E-state index < -0.39 is 16.0 Å². The summed E-state index contributed by atoms with van der Waals surface area (Å²) >= 11 is 0. The van der Waals surface area contributed by atoms with Crippen molar-refractivity contribution in [1.82, 2.24) is 0 Å². The zero-order valence-electron chi connectivity index (χ0n) is 17.8. The van der Waals surface area contributed by atoms with E-state index in [-0.39, 0.29) is 22.0 Å². The van der Waals surface area contributed by atoms with Crippen LogP contribution in [0.2, 0.25) is 0 Å². The molecule has 0 aliphatic rings. The van der Waals surface area contributed by atoms with E-state index in [9.17, 15) is 18.5 Å². The SMILES string of the molecule is COc1ccc(NC(=O)/C(C#N)=C/c2ccc(OS(=O)(=O)c3ccccc3)c(OC)c2)cc1. The lowest BCUT2D eigenvalue weighted by atomic mass is 10.1. The lowest BCUT2D eigenvalue weighted by Crippen LogP contribution is -2.13. The molecule has 0 fully saturated rings. The Kier molecular flexibility index (Phi) is 7.33. The van der Waals surface area contributed by atoms with Crippen molar-refractivity contribution in [3.05, 3.63) is 83.9 Å². The van der Waals surface area contributed by atoms with Crippen LogP contribution in [0.5, 0.6) is 17.2 Å². The molecule has 0 aromatic heterocycles. The van der Waals surface area contributed by atoms with Gasteiger partial charge in [0, 0.05) is 5.69 Å². The molecule has 3 aromatic carbocycles. The summed E-state index contributed by atoms with van der Waals surface area (Å²) in [6, 6.07) is 20.6. The third-order valence-corrected chi connectivity index (χ3v) is 5.69. The van der Waals surface area contributed by atoms with Crippen molar-refractivity contribution in [1.29, 1.82) is 5.26 Å². The van der Waals surface area contributed by atoms with Gasteiger partial charge in [0.2, 0.25) is 0 Å². The van der Waals surface area contributed by atoms with Crippen LogP contribution in [0.25, 0.3) is 6.08 Å². The zero-order valence-corrected chi connectivity index (χ0v) is 18.6. The van der Waals surface area contributed by atoms with Crippen LogP contribution in [-0.4, -0.2) is 28.5 Å². The minimum atomic E-state index is -4.06. The molecule has 3 rings (SSSR count). The molecule has 0 bridgehead atoms. The maximum Gasteiger partial charge on any atom is 0.339 e. The van der Waals surface area contributed by atoms with Crippen LogP contribution >= 0.6 is 0 Å². The zero-order chi connectivity index (χ0) is 23.8. The first-order chi connectivity index (χ1) is 15.9. The topological polar surface area (TPSA) is 115 Å². The monoisotopic (exact) mass is 464 g/mol. The van der Waals surface area contributed by atoms with Gasteiger partial charge in [0.1, 0.15) is 22.3 Å². The van der Waals surface area contributed by atoms with Gasteiger partial charge in [-0.05, 0) is 60.2 Å². The number of nitriles is 1. The first kappa shape index (κ1) is 23.4. The number of carbonyl (C=O) groups is 1. The Morgan fingerprint density at radius 2 is 1.64 bits per heavy atom. The second-order valence-electron chi connectivity index (χ2n) is 6.61. The average molecular weight is 464 g/mol. The average Bonchev–Trinajstić information content (AvgIpc) is 2.84. The third kappa shape index (κ3) is 5.90. The highest BCUT2D eigenvalue weighted by Crippen LogP contribution is 2.31. The fraction of sp³-hybridized carbons (Fsp3) is 0.0833. The summed E-state index contributed by atoms with van der Waals surface area (Å²) in [4.78, 5) is 12.5. The Morgan fingerprint density at radius 3 is 2.24 bits per heavy atom. The van der Waals surface area contributed by atoms with Gasteiger partial charge in [0.25, 0.3) is 5.91 Å². The molecule has 0 atom stereocenters. The molecule has 0 saturated heterocycles. The standard InChI is InChI=1S/C24H20N2O6S/c1-30-20-11-9-19(10-12-20)26-24(27)18(16-25)14-17-8-13-22(23(15-17)31-2)32-33(28,29)21-6-4-3-5-7-21/h3-15H,1-2H3,(H,26,27)/b18-14+.